The average Bonchev–Trinajstić information content (AvgIpc) is 2.93. The van der Waals surface area contributed by atoms with E-state index in [1.54, 1.807) is 12.1 Å². The molecule has 0 spiro atoms. The molecule has 0 aliphatic carbocycles. The molecule has 4 N–H and O–H groups in total. The molecule has 3 rings (SSSR count). The molecule has 0 unspecified atom stereocenters. The van der Waals surface area contributed by atoms with Gasteiger partial charge in [0, 0.05) is 24.2 Å². The van der Waals surface area contributed by atoms with Crippen molar-refractivity contribution in [1.82, 2.24) is 15.8 Å². The number of phenols is 1. The van der Waals surface area contributed by atoms with Crippen LogP contribution in [-0.4, -0.2) is 54.8 Å². The Kier molecular flexibility index (Phi) is 9.28. The number of phenolic OH excluding ortho intramolecular Hbond substituents is 1. The number of carbonyl (C=O) groups excluding carboxylic acids is 3. The minimum Gasteiger partial charge on any atom is -0.508 e. The lowest BCUT2D eigenvalue weighted by atomic mass is 10.1. The number of amides is 3. The number of aromatic hydroxyl groups is 1. The number of hydrogen-bond acceptors (Lipinski definition) is 10. The van der Waals surface area contributed by atoms with Crippen LogP contribution >= 0.6 is 11.6 Å². The minimum atomic E-state index is -1.54. The molecule has 3 aromatic rings. The number of nitrogens with one attached hydrogen (secondary N) is 2. The predicted octanol–water partition coefficient (Wildman–Crippen LogP) is 3.05. The van der Waals surface area contributed by atoms with Gasteiger partial charge in [0.25, 0.3) is 29.1 Å². The van der Waals surface area contributed by atoms with Crippen molar-refractivity contribution in [1.29, 1.82) is 0 Å². The van der Waals surface area contributed by atoms with Crippen LogP contribution in [0.15, 0.2) is 60.7 Å². The zero-order chi connectivity index (χ0) is 30.4. The van der Waals surface area contributed by atoms with Gasteiger partial charge in [-0.3, -0.25) is 39.4 Å². The number of non-ortho nitro benzene ring substituents is 2. The van der Waals surface area contributed by atoms with Crippen molar-refractivity contribution in [2.24, 2.45) is 0 Å². The van der Waals surface area contributed by atoms with E-state index in [4.69, 9.17) is 11.6 Å². The van der Waals surface area contributed by atoms with Crippen LogP contribution in [0.5, 0.6) is 5.75 Å². The van der Waals surface area contributed by atoms with Gasteiger partial charge in [-0.25, -0.2) is 10.4 Å². The van der Waals surface area contributed by atoms with Crippen molar-refractivity contribution in [2.75, 3.05) is 0 Å². The predicted molar refractivity (Wildman–Crippen MR) is 141 cm³/mol. The lowest BCUT2D eigenvalue weighted by Gasteiger charge is -2.24. The maximum atomic E-state index is 13.4. The van der Waals surface area contributed by atoms with Gasteiger partial charge in [-0.05, 0) is 42.8 Å². The van der Waals surface area contributed by atoms with Crippen molar-refractivity contribution in [2.45, 2.75) is 19.5 Å². The Morgan fingerprint density at radius 3 is 2.10 bits per heavy atom. The summed E-state index contributed by atoms with van der Waals surface area (Å²) in [5.74, 6) is -4.63. The van der Waals surface area contributed by atoms with E-state index in [2.05, 4.69) is 10.7 Å². The Morgan fingerprint density at radius 2 is 1.56 bits per heavy atom. The summed E-state index contributed by atoms with van der Waals surface area (Å²) in [6, 6.07) is 10.0. The highest BCUT2D eigenvalue weighted by molar-refractivity contribution is 6.34. The molecule has 0 radical (unpaired) electrons. The van der Waals surface area contributed by atoms with Gasteiger partial charge in [-0.1, -0.05) is 23.7 Å². The number of nitro groups is 2. The normalized spacial score (nSPS) is 11.3. The molecule has 0 aliphatic heterocycles. The fourth-order valence-electron chi connectivity index (χ4n) is 3.42. The fourth-order valence-corrected chi connectivity index (χ4v) is 3.68. The van der Waals surface area contributed by atoms with E-state index in [0.29, 0.717) is 23.8 Å². The van der Waals surface area contributed by atoms with Crippen LogP contribution in [0.3, 0.4) is 0 Å². The number of carbonyl (C=O) groups is 4. The van der Waals surface area contributed by atoms with Crippen LogP contribution in [0.4, 0.5) is 11.4 Å². The van der Waals surface area contributed by atoms with E-state index in [1.165, 1.54) is 18.2 Å². The Morgan fingerprint density at radius 1 is 0.927 bits per heavy atom. The number of benzene rings is 3. The second-order valence-electron chi connectivity index (χ2n) is 8.43. The first-order valence-electron chi connectivity index (χ1n) is 11.5. The van der Waals surface area contributed by atoms with Gasteiger partial charge in [0.1, 0.15) is 11.8 Å². The molecule has 212 valence electrons. The van der Waals surface area contributed by atoms with Crippen LogP contribution in [-0.2, 0) is 11.3 Å². The van der Waals surface area contributed by atoms with Gasteiger partial charge >= 0.3 is 5.97 Å². The summed E-state index contributed by atoms with van der Waals surface area (Å²) in [5, 5.41) is 43.8. The van der Waals surface area contributed by atoms with E-state index in [1.807, 2.05) is 0 Å². The van der Waals surface area contributed by atoms with Gasteiger partial charge in [0.2, 0.25) is 0 Å². The van der Waals surface area contributed by atoms with Crippen molar-refractivity contribution in [3.05, 3.63) is 108 Å². The number of carboxylic acid groups (broad SMARTS) is 1. The highest BCUT2D eigenvalue weighted by Gasteiger charge is 2.31. The number of carboxylic acids is 1. The molecule has 0 aliphatic rings. The summed E-state index contributed by atoms with van der Waals surface area (Å²) in [4.78, 5) is 71.2. The quantitative estimate of drug-likeness (QED) is 0.154. The van der Waals surface area contributed by atoms with E-state index in [9.17, 15) is 49.6 Å². The highest BCUT2D eigenvalue weighted by Crippen LogP contribution is 2.25. The average molecular weight is 586 g/mol. The maximum Gasteiger partial charge on any atom is 0.322 e. The van der Waals surface area contributed by atoms with Gasteiger partial charge in [0.15, 0.2) is 0 Å². The van der Waals surface area contributed by atoms with Gasteiger partial charge in [-0.2, -0.15) is 0 Å². The Labute approximate surface area is 235 Å². The summed E-state index contributed by atoms with van der Waals surface area (Å²) in [6.07, 6.45) is 0. The number of aliphatic carboxylic acids is 1. The number of rotatable bonds is 10. The van der Waals surface area contributed by atoms with Crippen LogP contribution in [0.25, 0.3) is 0 Å². The molecule has 1 atom stereocenters. The first-order chi connectivity index (χ1) is 19.3. The van der Waals surface area contributed by atoms with Gasteiger partial charge < -0.3 is 15.5 Å². The number of nitrogens with zero attached hydrogens (tertiary/aromatic N) is 3. The molecule has 41 heavy (non-hydrogen) atoms. The smallest absolute Gasteiger partial charge is 0.322 e. The summed E-state index contributed by atoms with van der Waals surface area (Å²) in [7, 11) is 0. The highest BCUT2D eigenvalue weighted by atomic mass is 35.5. The largest absolute Gasteiger partial charge is 0.508 e. The van der Waals surface area contributed by atoms with Crippen LogP contribution < -0.4 is 10.7 Å². The second-order valence-corrected chi connectivity index (χ2v) is 8.84. The number of halogens is 1. The third-order valence-corrected chi connectivity index (χ3v) is 5.81. The monoisotopic (exact) mass is 585 g/mol. The van der Waals surface area contributed by atoms with Crippen LogP contribution in [0, 0.1) is 20.2 Å². The van der Waals surface area contributed by atoms with Crippen molar-refractivity contribution < 1.29 is 39.2 Å². The lowest BCUT2D eigenvalue weighted by molar-refractivity contribution is -0.394. The maximum absolute atomic E-state index is 13.4. The van der Waals surface area contributed by atoms with E-state index in [0.717, 1.165) is 19.1 Å². The molecule has 0 heterocycles. The Hall–Kier alpha value is -5.41. The fraction of sp³-hybridized carbons (Fsp3) is 0.120. The Bertz CT molecular complexity index is 1550. The first-order valence-corrected chi connectivity index (χ1v) is 11.8. The van der Waals surface area contributed by atoms with E-state index < -0.39 is 56.5 Å². The number of nitro benzene ring substituents is 2. The molecular formula is C25H20ClN5O10. The molecule has 0 saturated heterocycles. The van der Waals surface area contributed by atoms with Crippen LogP contribution in [0.1, 0.15) is 43.6 Å². The zero-order valence-corrected chi connectivity index (χ0v) is 21.7. The number of hydrogen-bond donors (Lipinski definition) is 4. The third-order valence-electron chi connectivity index (χ3n) is 5.50. The van der Waals surface area contributed by atoms with E-state index >= 15 is 0 Å². The first kappa shape index (κ1) is 30.1. The minimum absolute atomic E-state index is 0.00676. The third kappa shape index (κ3) is 7.37. The van der Waals surface area contributed by atoms with E-state index in [-0.39, 0.29) is 33.5 Å². The van der Waals surface area contributed by atoms with Crippen molar-refractivity contribution >= 4 is 46.7 Å². The topological polar surface area (TPSA) is 222 Å². The lowest BCUT2D eigenvalue weighted by Crippen LogP contribution is -2.53. The molecular weight excluding hydrogens is 566 g/mol. The van der Waals surface area contributed by atoms with Crippen molar-refractivity contribution in [3.63, 3.8) is 0 Å². The van der Waals surface area contributed by atoms with Gasteiger partial charge in [-0.15, -0.1) is 0 Å². The molecule has 0 saturated carbocycles. The summed E-state index contributed by atoms with van der Waals surface area (Å²) >= 11 is 6.24. The molecule has 3 aromatic carbocycles. The number of hydrazine groups is 1. The second kappa shape index (κ2) is 12.6. The van der Waals surface area contributed by atoms with Crippen LogP contribution in [0.2, 0.25) is 5.02 Å². The molecule has 0 bridgehead atoms. The van der Waals surface area contributed by atoms with Crippen molar-refractivity contribution in [3.8, 4) is 5.75 Å². The number of imide groups is 1. The summed E-state index contributed by atoms with van der Waals surface area (Å²) < 4.78 is 0. The van der Waals surface area contributed by atoms with Gasteiger partial charge in [0.05, 0.1) is 32.1 Å². The molecule has 3 amide bonds. The summed E-state index contributed by atoms with van der Waals surface area (Å²) in [5.41, 5.74) is 0.108. The standard InChI is InChI=1S/C25H20ClN5O10/c1-13(25(36)37)28-29(23(34)16-8-17(30(38)39)11-18(9-16)31(40)41)24(35)20-6-5-15(10-21(20)26)22(33)27-12-14-3-2-4-19(32)7-14/h2-11,13,28,32H,12H2,1H3,(H,27,33)(H,36,37)/t13-/m0/s1. The zero-order valence-electron chi connectivity index (χ0n) is 20.9. The molecule has 0 fully saturated rings. The molecule has 15 nitrogen and oxygen atoms in total. The Balaban J connectivity index is 1.93. The SMILES string of the molecule is C[C@H](NN(C(=O)c1cc([N+](=O)[O-])cc([N+](=O)[O-])c1)C(=O)c1ccc(C(=O)NCc2cccc(O)c2)cc1Cl)C(=O)O. The molecule has 0 aromatic heterocycles. The summed E-state index contributed by atoms with van der Waals surface area (Å²) in [6.45, 7) is 1.15. The molecule has 16 heteroatoms.